The number of hydrogen-bond acceptors (Lipinski definition) is 5. The van der Waals surface area contributed by atoms with E-state index in [0.717, 1.165) is 0 Å². The van der Waals surface area contributed by atoms with Crippen molar-refractivity contribution in [3.8, 4) is 17.1 Å². The van der Waals surface area contributed by atoms with E-state index in [2.05, 4.69) is 20.5 Å². The van der Waals surface area contributed by atoms with Gasteiger partial charge in [-0.1, -0.05) is 24.3 Å². The Morgan fingerprint density at radius 3 is 2.10 bits per heavy atom. The molecule has 0 fully saturated rings. The number of anilines is 1. The molecule has 0 radical (unpaired) electrons. The maximum Gasteiger partial charge on any atom is 0.200 e. The first-order valence-corrected chi connectivity index (χ1v) is 8.74. The molecule has 0 saturated carbocycles. The number of nitrogens with zero attached hydrogens (tertiary/aromatic N) is 3. The molecule has 0 saturated heterocycles. The molecule has 0 aliphatic carbocycles. The molecule has 0 aliphatic rings. The Morgan fingerprint density at radius 2 is 1.39 bits per heavy atom. The molecule has 0 aliphatic heterocycles. The zero-order chi connectivity index (χ0) is 22.1. The van der Waals surface area contributed by atoms with Crippen LogP contribution in [0, 0.1) is 29.1 Å². The standard InChI is InChI=1S/C21H11F5N4O/c22-15-12(16(23)18(25)19(26)17(15)24)9-27-30-21-10-5-1-3-7-13(10)28-20(29-21)11-6-2-4-8-14(11)31/h1-9,31H,(H,28,29,30)/b27-9+. The van der Waals surface area contributed by atoms with Gasteiger partial charge in [-0.25, -0.2) is 31.9 Å². The number of phenolic OH excluding ortho intramolecular Hbond substituents is 1. The van der Waals surface area contributed by atoms with Crippen LogP contribution in [0.15, 0.2) is 53.6 Å². The van der Waals surface area contributed by atoms with Crippen LogP contribution in [0.1, 0.15) is 5.56 Å². The SMILES string of the molecule is Oc1ccccc1-c1nc(N/N=C/c2c(F)c(F)c(F)c(F)c2F)c2ccccc2n1. The van der Waals surface area contributed by atoms with Gasteiger partial charge in [-0.2, -0.15) is 5.10 Å². The second-order valence-corrected chi connectivity index (χ2v) is 6.28. The lowest BCUT2D eigenvalue weighted by atomic mass is 10.1. The van der Waals surface area contributed by atoms with Gasteiger partial charge in [-0.15, -0.1) is 0 Å². The molecule has 4 aromatic rings. The molecule has 4 rings (SSSR count). The zero-order valence-corrected chi connectivity index (χ0v) is 15.4. The zero-order valence-electron chi connectivity index (χ0n) is 15.4. The van der Waals surface area contributed by atoms with Crippen LogP contribution < -0.4 is 5.43 Å². The van der Waals surface area contributed by atoms with Gasteiger partial charge < -0.3 is 5.11 Å². The lowest BCUT2D eigenvalue weighted by Crippen LogP contribution is -2.07. The number of aromatic hydroxyl groups is 1. The average Bonchev–Trinajstić information content (AvgIpc) is 2.78. The number of rotatable bonds is 4. The van der Waals surface area contributed by atoms with Crippen molar-refractivity contribution in [2.75, 3.05) is 5.43 Å². The number of benzene rings is 3. The molecule has 0 unspecified atom stereocenters. The Hall–Kier alpha value is -4.08. The minimum Gasteiger partial charge on any atom is -0.507 e. The van der Waals surface area contributed by atoms with E-state index in [9.17, 15) is 27.1 Å². The molecule has 1 heterocycles. The number of halogens is 5. The van der Waals surface area contributed by atoms with Crippen LogP contribution in [0.3, 0.4) is 0 Å². The molecule has 5 nitrogen and oxygen atoms in total. The summed E-state index contributed by atoms with van der Waals surface area (Å²) < 4.78 is 67.5. The average molecular weight is 430 g/mol. The number of nitrogens with one attached hydrogen (secondary N) is 1. The van der Waals surface area contributed by atoms with Gasteiger partial charge >= 0.3 is 0 Å². The predicted octanol–water partition coefficient (Wildman–Crippen LogP) is 5.14. The highest BCUT2D eigenvalue weighted by Gasteiger charge is 2.24. The Bertz CT molecular complexity index is 1310. The molecule has 0 amide bonds. The third-order valence-corrected chi connectivity index (χ3v) is 4.36. The van der Waals surface area contributed by atoms with Crippen LogP contribution in [0.5, 0.6) is 5.75 Å². The Kier molecular flexibility index (Phi) is 5.20. The number of phenols is 1. The summed E-state index contributed by atoms with van der Waals surface area (Å²) in [5.74, 6) is -10.3. The number of hydrazone groups is 1. The lowest BCUT2D eigenvalue weighted by Gasteiger charge is -2.09. The molecular weight excluding hydrogens is 419 g/mol. The van der Waals surface area contributed by atoms with Gasteiger partial charge in [0.05, 0.1) is 22.9 Å². The van der Waals surface area contributed by atoms with Crippen molar-refractivity contribution in [3.05, 3.63) is 83.2 Å². The van der Waals surface area contributed by atoms with Crippen molar-refractivity contribution in [2.45, 2.75) is 0 Å². The second-order valence-electron chi connectivity index (χ2n) is 6.28. The minimum absolute atomic E-state index is 0.0753. The van der Waals surface area contributed by atoms with Crippen molar-refractivity contribution in [2.24, 2.45) is 5.10 Å². The fourth-order valence-corrected chi connectivity index (χ4v) is 2.84. The van der Waals surface area contributed by atoms with Crippen LogP contribution in [0.2, 0.25) is 0 Å². The minimum atomic E-state index is -2.26. The maximum absolute atomic E-state index is 13.8. The predicted molar refractivity (Wildman–Crippen MR) is 104 cm³/mol. The first-order valence-electron chi connectivity index (χ1n) is 8.74. The van der Waals surface area contributed by atoms with Crippen molar-refractivity contribution >= 4 is 22.9 Å². The van der Waals surface area contributed by atoms with Gasteiger partial charge in [0, 0.05) is 5.39 Å². The highest BCUT2D eigenvalue weighted by Crippen LogP contribution is 2.30. The first-order chi connectivity index (χ1) is 14.9. The van der Waals surface area contributed by atoms with Crippen LogP contribution in [-0.4, -0.2) is 21.3 Å². The van der Waals surface area contributed by atoms with Crippen molar-refractivity contribution in [1.82, 2.24) is 9.97 Å². The van der Waals surface area contributed by atoms with Crippen LogP contribution >= 0.6 is 0 Å². The van der Waals surface area contributed by atoms with E-state index in [4.69, 9.17) is 0 Å². The molecule has 156 valence electrons. The molecule has 0 bridgehead atoms. The van der Waals surface area contributed by atoms with Crippen LogP contribution in [0.25, 0.3) is 22.3 Å². The summed E-state index contributed by atoms with van der Waals surface area (Å²) in [5.41, 5.74) is 2.02. The molecular formula is C21H11F5N4O. The van der Waals surface area contributed by atoms with Crippen LogP contribution in [-0.2, 0) is 0 Å². The maximum atomic E-state index is 13.8. The number of aromatic nitrogens is 2. The summed E-state index contributed by atoms with van der Waals surface area (Å²) in [6, 6.07) is 13.0. The summed E-state index contributed by atoms with van der Waals surface area (Å²) in [6.07, 6.45) is 0.465. The Morgan fingerprint density at radius 1 is 0.774 bits per heavy atom. The normalized spacial score (nSPS) is 11.4. The summed E-state index contributed by atoms with van der Waals surface area (Å²) in [5, 5.41) is 14.1. The van der Waals surface area contributed by atoms with Gasteiger partial charge in [-0.05, 0) is 24.3 Å². The second kappa shape index (κ2) is 7.98. The van der Waals surface area contributed by atoms with E-state index in [1.165, 1.54) is 6.07 Å². The summed E-state index contributed by atoms with van der Waals surface area (Å²) in [4.78, 5) is 8.64. The largest absolute Gasteiger partial charge is 0.507 e. The highest BCUT2D eigenvalue weighted by molar-refractivity contribution is 5.91. The van der Waals surface area contributed by atoms with Gasteiger partial charge in [0.25, 0.3) is 0 Å². The summed E-state index contributed by atoms with van der Waals surface area (Å²) in [6.45, 7) is 0. The monoisotopic (exact) mass is 430 g/mol. The lowest BCUT2D eigenvalue weighted by molar-refractivity contribution is 0.377. The number of para-hydroxylation sites is 2. The van der Waals surface area contributed by atoms with Gasteiger partial charge in [0.1, 0.15) is 5.75 Å². The fraction of sp³-hybridized carbons (Fsp3) is 0. The quantitative estimate of drug-likeness (QED) is 0.155. The van der Waals surface area contributed by atoms with E-state index in [1.54, 1.807) is 42.5 Å². The first kappa shape index (κ1) is 20.2. The molecule has 2 N–H and O–H groups in total. The summed E-state index contributed by atoms with van der Waals surface area (Å²) in [7, 11) is 0. The third-order valence-electron chi connectivity index (χ3n) is 4.36. The van der Waals surface area contributed by atoms with Gasteiger partial charge in [0.2, 0.25) is 5.82 Å². The Labute approximate surface area is 171 Å². The van der Waals surface area contributed by atoms with E-state index in [0.29, 0.717) is 22.7 Å². The molecule has 3 aromatic carbocycles. The van der Waals surface area contributed by atoms with E-state index in [1.807, 2.05) is 0 Å². The number of hydrogen-bond donors (Lipinski definition) is 2. The van der Waals surface area contributed by atoms with E-state index >= 15 is 0 Å². The number of fused-ring (bicyclic) bond motifs is 1. The topological polar surface area (TPSA) is 70.4 Å². The molecule has 0 atom stereocenters. The summed E-state index contributed by atoms with van der Waals surface area (Å²) >= 11 is 0. The van der Waals surface area contributed by atoms with Crippen molar-refractivity contribution in [3.63, 3.8) is 0 Å². The Balaban J connectivity index is 1.77. The van der Waals surface area contributed by atoms with Gasteiger partial charge in [-0.3, -0.25) is 5.43 Å². The fourth-order valence-electron chi connectivity index (χ4n) is 2.84. The smallest absolute Gasteiger partial charge is 0.200 e. The van der Waals surface area contributed by atoms with Crippen molar-refractivity contribution < 1.29 is 27.1 Å². The highest BCUT2D eigenvalue weighted by atomic mass is 19.2. The molecule has 1 aromatic heterocycles. The van der Waals surface area contributed by atoms with E-state index in [-0.39, 0.29) is 17.4 Å². The van der Waals surface area contributed by atoms with Gasteiger partial charge in [0.15, 0.2) is 34.9 Å². The third kappa shape index (κ3) is 3.63. The molecule has 0 spiro atoms. The molecule has 10 heteroatoms. The van der Waals surface area contributed by atoms with Crippen LogP contribution in [0.4, 0.5) is 27.8 Å². The molecule has 31 heavy (non-hydrogen) atoms. The van der Waals surface area contributed by atoms with E-state index < -0.39 is 34.6 Å². The van der Waals surface area contributed by atoms with Crippen molar-refractivity contribution in [1.29, 1.82) is 0 Å².